The molecule has 0 saturated heterocycles. The van der Waals surface area contributed by atoms with Gasteiger partial charge in [0, 0.05) is 5.56 Å². The lowest BCUT2D eigenvalue weighted by atomic mass is 10.0. The van der Waals surface area contributed by atoms with Crippen LogP contribution in [0.3, 0.4) is 0 Å². The maximum atomic E-state index is 10.3. The van der Waals surface area contributed by atoms with Crippen molar-refractivity contribution in [2.24, 2.45) is 0 Å². The van der Waals surface area contributed by atoms with Crippen molar-refractivity contribution in [3.05, 3.63) is 65.7 Å². The van der Waals surface area contributed by atoms with Gasteiger partial charge < -0.3 is 15.2 Å². The minimum absolute atomic E-state index is 0.101. The molecule has 2 atom stereocenters. The topological polar surface area (TPSA) is 46.1 Å². The Kier molecular flexibility index (Phi) is 5.16. The highest BCUT2D eigenvalue weighted by atomic mass is 16.5. The fraction of sp³-hybridized carbons (Fsp3) is 0.294. The second kappa shape index (κ2) is 7.08. The molecule has 0 unspecified atom stereocenters. The molecule has 3 heteroatoms. The van der Waals surface area contributed by atoms with Crippen LogP contribution in [0.5, 0.6) is 5.75 Å². The maximum Gasteiger partial charge on any atom is 0.130 e. The summed E-state index contributed by atoms with van der Waals surface area (Å²) in [5, 5.41) is 12.5. The lowest BCUT2D eigenvalue weighted by molar-refractivity contribution is -0.709. The smallest absolute Gasteiger partial charge is 0.130 e. The van der Waals surface area contributed by atoms with Gasteiger partial charge in [-0.25, -0.2) is 0 Å². The summed E-state index contributed by atoms with van der Waals surface area (Å²) >= 11 is 0. The molecule has 3 nitrogen and oxygen atoms in total. The van der Waals surface area contributed by atoms with Crippen molar-refractivity contribution in [2.75, 3.05) is 7.11 Å². The maximum absolute atomic E-state index is 10.3. The molecule has 3 N–H and O–H groups in total. The van der Waals surface area contributed by atoms with Gasteiger partial charge in [0.1, 0.15) is 24.4 Å². The van der Waals surface area contributed by atoms with Gasteiger partial charge in [0.25, 0.3) is 0 Å². The molecule has 106 valence electrons. The highest BCUT2D eigenvalue weighted by Gasteiger charge is 2.18. The van der Waals surface area contributed by atoms with Gasteiger partial charge in [0.15, 0.2) is 0 Å². The van der Waals surface area contributed by atoms with Crippen molar-refractivity contribution in [1.82, 2.24) is 0 Å². The van der Waals surface area contributed by atoms with Gasteiger partial charge in [0.2, 0.25) is 0 Å². The van der Waals surface area contributed by atoms with Crippen LogP contribution in [-0.4, -0.2) is 18.3 Å². The summed E-state index contributed by atoms with van der Waals surface area (Å²) < 4.78 is 5.22. The molecule has 20 heavy (non-hydrogen) atoms. The van der Waals surface area contributed by atoms with Gasteiger partial charge >= 0.3 is 0 Å². The van der Waals surface area contributed by atoms with Crippen molar-refractivity contribution in [1.29, 1.82) is 0 Å². The third-order valence-corrected chi connectivity index (χ3v) is 3.50. The fourth-order valence-electron chi connectivity index (χ4n) is 2.20. The van der Waals surface area contributed by atoms with Gasteiger partial charge in [-0.05, 0) is 24.6 Å². The zero-order chi connectivity index (χ0) is 14.4. The highest BCUT2D eigenvalue weighted by Crippen LogP contribution is 2.14. The number of quaternary nitrogens is 1. The fourth-order valence-corrected chi connectivity index (χ4v) is 2.20. The highest BCUT2D eigenvalue weighted by molar-refractivity contribution is 5.27. The number of ether oxygens (including phenoxy) is 1. The van der Waals surface area contributed by atoms with Crippen LogP contribution in [0.15, 0.2) is 54.6 Å². The SMILES string of the molecule is COc1cccc(C[NH2+][C@@H](C)[C@@H](O)c2ccccc2)c1. The molecule has 0 fully saturated rings. The normalized spacial score (nSPS) is 13.8. The van der Waals surface area contributed by atoms with Crippen LogP contribution in [0.1, 0.15) is 24.2 Å². The number of methoxy groups -OCH3 is 1. The summed E-state index contributed by atoms with van der Waals surface area (Å²) in [6, 6.07) is 17.9. The first-order chi connectivity index (χ1) is 9.70. The molecule has 2 aromatic rings. The van der Waals surface area contributed by atoms with Crippen LogP contribution in [0, 0.1) is 0 Å². The van der Waals surface area contributed by atoms with E-state index in [1.807, 2.05) is 55.5 Å². The molecule has 0 amide bonds. The van der Waals surface area contributed by atoms with E-state index < -0.39 is 6.10 Å². The largest absolute Gasteiger partial charge is 0.497 e. The van der Waals surface area contributed by atoms with Crippen molar-refractivity contribution in [2.45, 2.75) is 25.6 Å². The van der Waals surface area contributed by atoms with Crippen LogP contribution >= 0.6 is 0 Å². The molecule has 0 saturated carbocycles. The minimum Gasteiger partial charge on any atom is -0.497 e. The van der Waals surface area contributed by atoms with E-state index in [1.165, 1.54) is 5.56 Å². The number of nitrogens with two attached hydrogens (primary N) is 1. The lowest BCUT2D eigenvalue weighted by Gasteiger charge is -2.18. The van der Waals surface area contributed by atoms with Gasteiger partial charge in [0.05, 0.1) is 7.11 Å². The average molecular weight is 272 g/mol. The molecule has 0 bridgehead atoms. The van der Waals surface area contributed by atoms with Crippen molar-refractivity contribution >= 4 is 0 Å². The number of rotatable bonds is 6. The van der Waals surface area contributed by atoms with Gasteiger partial charge in [-0.1, -0.05) is 42.5 Å². The molecule has 2 aromatic carbocycles. The van der Waals surface area contributed by atoms with E-state index in [-0.39, 0.29) is 6.04 Å². The first kappa shape index (κ1) is 14.6. The number of hydrogen-bond acceptors (Lipinski definition) is 2. The first-order valence-corrected chi connectivity index (χ1v) is 6.90. The van der Waals surface area contributed by atoms with E-state index in [0.29, 0.717) is 0 Å². The molecule has 2 rings (SSSR count). The summed E-state index contributed by atoms with van der Waals surface area (Å²) in [7, 11) is 1.67. The molecule has 0 aliphatic heterocycles. The molecule has 0 heterocycles. The summed E-state index contributed by atoms with van der Waals surface area (Å²) in [4.78, 5) is 0. The van der Waals surface area contributed by atoms with E-state index in [1.54, 1.807) is 7.11 Å². The van der Waals surface area contributed by atoms with Crippen LogP contribution < -0.4 is 10.1 Å². The number of benzene rings is 2. The third kappa shape index (κ3) is 3.83. The number of aliphatic hydroxyl groups excluding tert-OH is 1. The predicted octanol–water partition coefficient (Wildman–Crippen LogP) is 1.88. The van der Waals surface area contributed by atoms with Gasteiger partial charge in [-0.3, -0.25) is 0 Å². The van der Waals surface area contributed by atoms with Gasteiger partial charge in [-0.2, -0.15) is 0 Å². The van der Waals surface area contributed by atoms with Crippen LogP contribution in [0.25, 0.3) is 0 Å². The Labute approximate surface area is 120 Å². The molecular formula is C17H22NO2+. The molecule has 0 aliphatic rings. The first-order valence-electron chi connectivity index (χ1n) is 6.90. The quantitative estimate of drug-likeness (QED) is 0.843. The van der Waals surface area contributed by atoms with E-state index in [2.05, 4.69) is 11.4 Å². The third-order valence-electron chi connectivity index (χ3n) is 3.50. The monoisotopic (exact) mass is 272 g/mol. The second-order valence-electron chi connectivity index (χ2n) is 5.01. The van der Waals surface area contributed by atoms with Crippen LogP contribution in [-0.2, 0) is 6.54 Å². The lowest BCUT2D eigenvalue weighted by Crippen LogP contribution is -2.88. The zero-order valence-electron chi connectivity index (χ0n) is 12.0. The average Bonchev–Trinajstić information content (AvgIpc) is 2.53. The summed E-state index contributed by atoms with van der Waals surface area (Å²) in [6.07, 6.45) is -0.457. The van der Waals surface area contributed by atoms with Crippen LogP contribution in [0.4, 0.5) is 0 Å². The standard InChI is InChI=1S/C17H21NO2/c1-13(17(19)15-8-4-3-5-9-15)18-12-14-7-6-10-16(11-14)20-2/h3-11,13,17-19H,12H2,1-2H3/p+1/t13-,17+/m0/s1. The van der Waals surface area contributed by atoms with Gasteiger partial charge in [-0.15, -0.1) is 0 Å². The summed E-state index contributed by atoms with van der Waals surface area (Å²) in [5.41, 5.74) is 2.15. The van der Waals surface area contributed by atoms with E-state index in [4.69, 9.17) is 4.74 Å². The molecule has 0 spiro atoms. The summed E-state index contributed by atoms with van der Waals surface area (Å²) in [6.45, 7) is 2.86. The summed E-state index contributed by atoms with van der Waals surface area (Å²) in [5.74, 6) is 0.868. The van der Waals surface area contributed by atoms with Crippen molar-refractivity contribution in [3.8, 4) is 5.75 Å². The Balaban J connectivity index is 1.93. The Morgan fingerprint density at radius 1 is 1.10 bits per heavy atom. The Hall–Kier alpha value is -1.84. The molecular weight excluding hydrogens is 250 g/mol. The predicted molar refractivity (Wildman–Crippen MR) is 79.5 cm³/mol. The van der Waals surface area contributed by atoms with Crippen molar-refractivity contribution < 1.29 is 15.2 Å². The number of aliphatic hydroxyl groups is 1. The number of hydrogen-bond donors (Lipinski definition) is 2. The minimum atomic E-state index is -0.457. The Morgan fingerprint density at radius 2 is 1.85 bits per heavy atom. The second-order valence-corrected chi connectivity index (χ2v) is 5.01. The van der Waals surface area contributed by atoms with E-state index >= 15 is 0 Å². The molecule has 0 aromatic heterocycles. The van der Waals surface area contributed by atoms with E-state index in [9.17, 15) is 5.11 Å². The van der Waals surface area contributed by atoms with Crippen molar-refractivity contribution in [3.63, 3.8) is 0 Å². The zero-order valence-corrected chi connectivity index (χ0v) is 12.0. The Bertz CT molecular complexity index is 528. The Morgan fingerprint density at radius 3 is 2.55 bits per heavy atom. The van der Waals surface area contributed by atoms with Crippen LogP contribution in [0.2, 0.25) is 0 Å². The molecule has 0 aliphatic carbocycles. The van der Waals surface area contributed by atoms with E-state index in [0.717, 1.165) is 17.9 Å². The molecule has 0 radical (unpaired) electrons.